The van der Waals surface area contributed by atoms with Crippen LogP contribution < -0.4 is 9.46 Å². The molecule has 27 heavy (non-hydrogen) atoms. The number of hydrogen-bond acceptors (Lipinski definition) is 5. The summed E-state index contributed by atoms with van der Waals surface area (Å²) in [5.74, 6) is -0.531. The van der Waals surface area contributed by atoms with Crippen LogP contribution in [-0.4, -0.2) is 30.5 Å². The summed E-state index contributed by atoms with van der Waals surface area (Å²) in [4.78, 5) is 7.56. The van der Waals surface area contributed by atoms with E-state index in [1.165, 1.54) is 12.1 Å². The van der Waals surface area contributed by atoms with Crippen LogP contribution in [0.25, 0.3) is 0 Å². The molecule has 1 aliphatic rings. The highest BCUT2D eigenvalue weighted by molar-refractivity contribution is 7.89. The smallest absolute Gasteiger partial charge is 0.316 e. The molecule has 1 saturated carbocycles. The van der Waals surface area contributed by atoms with Gasteiger partial charge in [-0.2, -0.15) is 0 Å². The van der Waals surface area contributed by atoms with E-state index in [0.29, 0.717) is 36.3 Å². The molecule has 1 heterocycles. The second-order valence-corrected chi connectivity index (χ2v) is 8.93. The van der Waals surface area contributed by atoms with Gasteiger partial charge in [-0.3, -0.25) is 0 Å². The van der Waals surface area contributed by atoms with Crippen molar-refractivity contribution in [1.29, 1.82) is 0 Å². The van der Waals surface area contributed by atoms with E-state index >= 15 is 0 Å². The van der Waals surface area contributed by atoms with E-state index in [1.807, 2.05) is 0 Å². The van der Waals surface area contributed by atoms with Crippen molar-refractivity contribution in [2.24, 2.45) is 0 Å². The summed E-state index contributed by atoms with van der Waals surface area (Å²) in [6.07, 6.45) is 4.38. The molecule has 0 saturated heterocycles. The predicted octanol–water partition coefficient (Wildman–Crippen LogP) is 3.90. The van der Waals surface area contributed by atoms with Gasteiger partial charge in [0.25, 0.3) is 0 Å². The number of aryl methyl sites for hydroxylation is 1. The van der Waals surface area contributed by atoms with Crippen LogP contribution >= 0.6 is 23.2 Å². The van der Waals surface area contributed by atoms with Gasteiger partial charge in [0, 0.05) is 11.1 Å². The zero-order valence-corrected chi connectivity index (χ0v) is 16.8. The van der Waals surface area contributed by atoms with E-state index in [0.717, 1.165) is 12.4 Å². The molecule has 0 spiro atoms. The van der Waals surface area contributed by atoms with Crippen molar-refractivity contribution in [2.75, 3.05) is 0 Å². The van der Waals surface area contributed by atoms with Gasteiger partial charge in [0.15, 0.2) is 5.82 Å². The molecule has 1 aliphatic carbocycles. The van der Waals surface area contributed by atoms with Gasteiger partial charge in [-0.25, -0.2) is 27.5 Å². The van der Waals surface area contributed by atoms with Crippen molar-refractivity contribution in [3.05, 3.63) is 46.0 Å². The highest BCUT2D eigenvalue weighted by atomic mass is 35.5. The molecule has 1 fully saturated rings. The predicted molar refractivity (Wildman–Crippen MR) is 100 cm³/mol. The first-order valence-electron chi connectivity index (χ1n) is 8.37. The van der Waals surface area contributed by atoms with Gasteiger partial charge < -0.3 is 4.74 Å². The molecule has 146 valence electrons. The van der Waals surface area contributed by atoms with Crippen LogP contribution in [0.1, 0.15) is 31.2 Å². The van der Waals surface area contributed by atoms with Crippen molar-refractivity contribution in [1.82, 2.24) is 14.7 Å². The number of benzene rings is 1. The van der Waals surface area contributed by atoms with Gasteiger partial charge in [0.05, 0.1) is 17.4 Å². The van der Waals surface area contributed by atoms with Crippen LogP contribution in [0, 0.1) is 12.7 Å². The topological polar surface area (TPSA) is 81.2 Å². The van der Waals surface area contributed by atoms with E-state index in [1.54, 1.807) is 6.92 Å². The van der Waals surface area contributed by atoms with Crippen LogP contribution in [0.3, 0.4) is 0 Å². The minimum atomic E-state index is -3.76. The van der Waals surface area contributed by atoms with Crippen molar-refractivity contribution in [2.45, 2.75) is 49.6 Å². The van der Waals surface area contributed by atoms with Gasteiger partial charge >= 0.3 is 6.01 Å². The van der Waals surface area contributed by atoms with E-state index < -0.39 is 15.8 Å². The fourth-order valence-corrected chi connectivity index (χ4v) is 5.07. The third kappa shape index (κ3) is 5.07. The number of rotatable bonds is 5. The lowest BCUT2D eigenvalue weighted by Crippen LogP contribution is -2.39. The van der Waals surface area contributed by atoms with Gasteiger partial charge in [-0.05, 0) is 50.3 Å². The molecule has 3 rings (SSSR count). The van der Waals surface area contributed by atoms with E-state index in [9.17, 15) is 12.8 Å². The average molecular weight is 434 g/mol. The number of nitrogens with one attached hydrogen (secondary N) is 1. The summed E-state index contributed by atoms with van der Waals surface area (Å²) < 4.78 is 46.5. The molecule has 6 nitrogen and oxygen atoms in total. The maximum atomic E-state index is 12.8. The largest absolute Gasteiger partial charge is 0.460 e. The van der Waals surface area contributed by atoms with E-state index in [2.05, 4.69) is 14.7 Å². The van der Waals surface area contributed by atoms with Gasteiger partial charge in [-0.15, -0.1) is 0 Å². The van der Waals surface area contributed by atoms with Crippen LogP contribution in [0.5, 0.6) is 6.01 Å². The van der Waals surface area contributed by atoms with Gasteiger partial charge in [-0.1, -0.05) is 23.2 Å². The van der Waals surface area contributed by atoms with Crippen LogP contribution in [0.15, 0.2) is 29.4 Å². The summed E-state index contributed by atoms with van der Waals surface area (Å²) in [6, 6.07) is 2.79. The Kier molecular flexibility index (Phi) is 6.20. The molecule has 2 aromatic rings. The zero-order chi connectivity index (χ0) is 19.6. The molecule has 0 atom stereocenters. The molecule has 0 bridgehead atoms. The summed E-state index contributed by atoms with van der Waals surface area (Å²) in [5.41, 5.74) is 0.637. The summed E-state index contributed by atoms with van der Waals surface area (Å²) in [5, 5.41) is 0.503. The molecular weight excluding hydrogens is 416 g/mol. The number of halogens is 3. The fraction of sp³-hybridized carbons (Fsp3) is 0.412. The molecule has 0 amide bonds. The molecule has 0 unspecified atom stereocenters. The van der Waals surface area contributed by atoms with E-state index in [4.69, 9.17) is 27.9 Å². The summed E-state index contributed by atoms with van der Waals surface area (Å²) >= 11 is 12.0. The Bertz CT molecular complexity index is 918. The molecule has 10 heteroatoms. The van der Waals surface area contributed by atoms with Crippen molar-refractivity contribution >= 4 is 33.2 Å². The molecule has 1 aromatic carbocycles. The quantitative estimate of drug-likeness (QED) is 0.772. The molecule has 1 N–H and O–H groups in total. The fourth-order valence-electron chi connectivity index (χ4n) is 2.93. The Balaban J connectivity index is 1.60. The van der Waals surface area contributed by atoms with E-state index in [-0.39, 0.29) is 28.1 Å². The van der Waals surface area contributed by atoms with Gasteiger partial charge in [0.2, 0.25) is 10.0 Å². The molecule has 0 radical (unpaired) electrons. The Morgan fingerprint density at radius 3 is 2.37 bits per heavy atom. The van der Waals surface area contributed by atoms with Crippen LogP contribution in [0.4, 0.5) is 4.39 Å². The standard InChI is InChI=1S/C17H18Cl2FN3O3S/c1-10-6-16(15(19)7-14(10)18)27(24,25)23-12-2-4-13(5-3-12)26-17-21-8-11(20)9-22-17/h6-9,12-13,23H,2-5H2,1H3. The first-order valence-corrected chi connectivity index (χ1v) is 10.6. The number of aromatic nitrogens is 2. The number of ether oxygens (including phenoxy) is 1. The van der Waals surface area contributed by atoms with Crippen LogP contribution in [0.2, 0.25) is 10.0 Å². The van der Waals surface area contributed by atoms with Gasteiger partial charge in [0.1, 0.15) is 11.0 Å². The van der Waals surface area contributed by atoms with Crippen molar-refractivity contribution < 1.29 is 17.5 Å². The summed E-state index contributed by atoms with van der Waals surface area (Å²) in [6.45, 7) is 1.72. The Hall–Kier alpha value is -1.48. The summed E-state index contributed by atoms with van der Waals surface area (Å²) in [7, 11) is -3.76. The highest BCUT2D eigenvalue weighted by Crippen LogP contribution is 2.29. The highest BCUT2D eigenvalue weighted by Gasteiger charge is 2.28. The first kappa shape index (κ1) is 20.3. The minimum absolute atomic E-state index is 0.0177. The molecule has 0 aliphatic heterocycles. The van der Waals surface area contributed by atoms with Crippen molar-refractivity contribution in [3.8, 4) is 6.01 Å². The zero-order valence-electron chi connectivity index (χ0n) is 14.5. The van der Waals surface area contributed by atoms with Crippen molar-refractivity contribution in [3.63, 3.8) is 0 Å². The van der Waals surface area contributed by atoms with Crippen LogP contribution in [-0.2, 0) is 10.0 Å². The number of hydrogen-bond donors (Lipinski definition) is 1. The maximum Gasteiger partial charge on any atom is 0.316 e. The Labute approximate surface area is 167 Å². The normalized spacial score (nSPS) is 20.4. The second kappa shape index (κ2) is 8.26. The minimum Gasteiger partial charge on any atom is -0.460 e. The lowest BCUT2D eigenvalue weighted by Gasteiger charge is -2.28. The number of sulfonamides is 1. The molecule has 1 aromatic heterocycles. The third-order valence-electron chi connectivity index (χ3n) is 4.37. The SMILES string of the molecule is Cc1cc(S(=O)(=O)NC2CCC(Oc3ncc(F)cn3)CC2)c(Cl)cc1Cl. The lowest BCUT2D eigenvalue weighted by molar-refractivity contribution is 0.132. The maximum absolute atomic E-state index is 12.8. The first-order chi connectivity index (χ1) is 12.7. The second-order valence-electron chi connectivity index (χ2n) is 6.43. The third-order valence-corrected chi connectivity index (χ3v) is 6.76. The number of nitrogens with zero attached hydrogens (tertiary/aromatic N) is 2. The average Bonchev–Trinajstić information content (AvgIpc) is 2.61. The monoisotopic (exact) mass is 433 g/mol. The molecular formula is C17H18Cl2FN3O3S. The Morgan fingerprint density at radius 1 is 1.11 bits per heavy atom. The lowest BCUT2D eigenvalue weighted by atomic mass is 9.94. The Morgan fingerprint density at radius 2 is 1.74 bits per heavy atom.